The number of carbonyl (C=O) groups excluding carboxylic acids is 1. The number of carbonyl (C=O) groups is 1. The summed E-state index contributed by atoms with van der Waals surface area (Å²) in [5.74, 6) is 1.16. The van der Waals surface area contributed by atoms with E-state index in [1.165, 1.54) is 4.90 Å². The third-order valence-electron chi connectivity index (χ3n) is 3.71. The monoisotopic (exact) mass is 325 g/mol. The summed E-state index contributed by atoms with van der Waals surface area (Å²) in [4.78, 5) is 17.0. The van der Waals surface area contributed by atoms with Crippen LogP contribution >= 0.6 is 0 Å². The molecule has 1 aliphatic heterocycles. The third-order valence-corrected chi connectivity index (χ3v) is 3.71. The minimum absolute atomic E-state index is 0.0988. The largest absolute Gasteiger partial charge is 0.433 e. The van der Waals surface area contributed by atoms with E-state index >= 15 is 0 Å². The number of pyridine rings is 1. The summed E-state index contributed by atoms with van der Waals surface area (Å²) >= 11 is 0. The SMILES string of the molecule is CN(Cc1nnc2n1CCC2)C(=O)c1ccc(C(F)(F)F)nc1. The van der Waals surface area contributed by atoms with Crippen LogP contribution in [0.5, 0.6) is 0 Å². The molecular formula is C14H14F3N5O. The number of hydrogen-bond donors (Lipinski definition) is 0. The summed E-state index contributed by atoms with van der Waals surface area (Å²) in [6, 6.07) is 1.93. The van der Waals surface area contributed by atoms with Gasteiger partial charge < -0.3 is 9.47 Å². The molecule has 0 unspecified atom stereocenters. The highest BCUT2D eigenvalue weighted by molar-refractivity contribution is 5.93. The fourth-order valence-corrected chi connectivity index (χ4v) is 2.52. The van der Waals surface area contributed by atoms with Gasteiger partial charge in [0.25, 0.3) is 5.91 Å². The van der Waals surface area contributed by atoms with E-state index in [1.54, 1.807) is 7.05 Å². The molecule has 3 rings (SSSR count). The zero-order valence-corrected chi connectivity index (χ0v) is 12.3. The maximum atomic E-state index is 12.5. The molecule has 0 radical (unpaired) electrons. The smallest absolute Gasteiger partial charge is 0.334 e. The first-order valence-electron chi connectivity index (χ1n) is 7.06. The Labute approximate surface area is 130 Å². The molecule has 0 fully saturated rings. The summed E-state index contributed by atoms with van der Waals surface area (Å²) in [5, 5.41) is 8.11. The fraction of sp³-hybridized carbons (Fsp3) is 0.429. The summed E-state index contributed by atoms with van der Waals surface area (Å²) < 4.78 is 39.4. The van der Waals surface area contributed by atoms with Crippen molar-refractivity contribution in [2.75, 3.05) is 7.05 Å². The van der Waals surface area contributed by atoms with Gasteiger partial charge in [0, 0.05) is 26.2 Å². The van der Waals surface area contributed by atoms with Gasteiger partial charge in [-0.05, 0) is 18.6 Å². The Morgan fingerprint density at radius 2 is 2.13 bits per heavy atom. The number of amides is 1. The van der Waals surface area contributed by atoms with Crippen molar-refractivity contribution in [2.45, 2.75) is 32.1 Å². The van der Waals surface area contributed by atoms with E-state index in [9.17, 15) is 18.0 Å². The summed E-state index contributed by atoms with van der Waals surface area (Å²) in [7, 11) is 1.57. The lowest BCUT2D eigenvalue weighted by Gasteiger charge is -2.17. The minimum atomic E-state index is -4.52. The van der Waals surface area contributed by atoms with Crippen molar-refractivity contribution in [1.29, 1.82) is 0 Å². The van der Waals surface area contributed by atoms with E-state index in [4.69, 9.17) is 0 Å². The highest BCUT2D eigenvalue weighted by Gasteiger charge is 2.32. The molecule has 0 saturated heterocycles. The average Bonchev–Trinajstić information content (AvgIpc) is 3.11. The molecule has 0 N–H and O–H groups in total. The molecule has 23 heavy (non-hydrogen) atoms. The lowest BCUT2D eigenvalue weighted by molar-refractivity contribution is -0.141. The Hall–Kier alpha value is -2.45. The number of aromatic nitrogens is 4. The van der Waals surface area contributed by atoms with Gasteiger partial charge >= 0.3 is 6.18 Å². The summed E-state index contributed by atoms with van der Waals surface area (Å²) in [6.45, 7) is 1.06. The van der Waals surface area contributed by atoms with Crippen molar-refractivity contribution in [3.8, 4) is 0 Å². The van der Waals surface area contributed by atoms with Crippen molar-refractivity contribution < 1.29 is 18.0 Å². The van der Waals surface area contributed by atoms with Crippen LogP contribution in [-0.4, -0.2) is 37.6 Å². The Kier molecular flexibility index (Phi) is 3.78. The molecule has 2 aromatic rings. The van der Waals surface area contributed by atoms with Crippen LogP contribution in [-0.2, 0) is 25.7 Å². The van der Waals surface area contributed by atoms with Crippen molar-refractivity contribution in [3.63, 3.8) is 0 Å². The van der Waals surface area contributed by atoms with Crippen LogP contribution < -0.4 is 0 Å². The molecule has 1 amide bonds. The van der Waals surface area contributed by atoms with Crippen LogP contribution in [0.1, 0.15) is 34.1 Å². The van der Waals surface area contributed by atoms with Crippen LogP contribution in [0.25, 0.3) is 0 Å². The summed E-state index contributed by atoms with van der Waals surface area (Å²) in [5.41, 5.74) is -0.923. The molecule has 9 heteroatoms. The molecular weight excluding hydrogens is 311 g/mol. The Balaban J connectivity index is 1.72. The van der Waals surface area contributed by atoms with Gasteiger partial charge in [0.2, 0.25) is 0 Å². The van der Waals surface area contributed by atoms with Crippen molar-refractivity contribution >= 4 is 5.91 Å². The molecule has 0 saturated carbocycles. The maximum Gasteiger partial charge on any atom is 0.433 e. The Morgan fingerprint density at radius 1 is 1.35 bits per heavy atom. The van der Waals surface area contributed by atoms with Crippen LogP contribution in [0.4, 0.5) is 13.2 Å². The van der Waals surface area contributed by atoms with E-state index in [1.807, 2.05) is 4.57 Å². The number of fused-ring (bicyclic) bond motifs is 1. The fourth-order valence-electron chi connectivity index (χ4n) is 2.52. The van der Waals surface area contributed by atoms with Gasteiger partial charge in [-0.1, -0.05) is 0 Å². The zero-order valence-electron chi connectivity index (χ0n) is 12.3. The number of aryl methyl sites for hydroxylation is 1. The molecule has 0 spiro atoms. The molecule has 0 aromatic carbocycles. The van der Waals surface area contributed by atoms with Gasteiger partial charge in [0.15, 0.2) is 5.82 Å². The van der Waals surface area contributed by atoms with E-state index in [-0.39, 0.29) is 12.1 Å². The zero-order chi connectivity index (χ0) is 16.6. The lowest BCUT2D eigenvalue weighted by atomic mass is 10.2. The molecule has 6 nitrogen and oxygen atoms in total. The van der Waals surface area contributed by atoms with E-state index in [0.29, 0.717) is 5.82 Å². The second kappa shape index (κ2) is 5.64. The third kappa shape index (κ3) is 3.03. The van der Waals surface area contributed by atoms with E-state index in [2.05, 4.69) is 15.2 Å². The summed E-state index contributed by atoms with van der Waals surface area (Å²) in [6.07, 6.45) is -1.71. The molecule has 1 aliphatic rings. The predicted octanol–water partition coefficient (Wildman–Crippen LogP) is 1.91. The van der Waals surface area contributed by atoms with E-state index in [0.717, 1.165) is 43.5 Å². The highest BCUT2D eigenvalue weighted by Crippen LogP contribution is 2.27. The minimum Gasteiger partial charge on any atom is -0.334 e. The molecule has 122 valence electrons. The molecule has 0 bridgehead atoms. The first kappa shape index (κ1) is 15.4. The molecule has 0 atom stereocenters. The standard InChI is InChI=1S/C14H14F3N5O/c1-21(8-12-20-19-11-3-2-6-22(11)12)13(23)9-4-5-10(18-7-9)14(15,16)17/h4-5,7H,2-3,6,8H2,1H3. The van der Waals surface area contributed by atoms with Crippen molar-refractivity contribution in [2.24, 2.45) is 0 Å². The Morgan fingerprint density at radius 3 is 2.78 bits per heavy atom. The van der Waals surface area contributed by atoms with Crippen LogP contribution in [0.15, 0.2) is 18.3 Å². The van der Waals surface area contributed by atoms with Gasteiger partial charge in [0.1, 0.15) is 11.5 Å². The number of halogens is 3. The number of nitrogens with zero attached hydrogens (tertiary/aromatic N) is 5. The first-order chi connectivity index (χ1) is 10.9. The van der Waals surface area contributed by atoms with Gasteiger partial charge in [-0.25, -0.2) is 0 Å². The second-order valence-corrected chi connectivity index (χ2v) is 5.38. The molecule has 3 heterocycles. The van der Waals surface area contributed by atoms with E-state index < -0.39 is 17.8 Å². The average molecular weight is 325 g/mol. The van der Waals surface area contributed by atoms with Crippen LogP contribution in [0.2, 0.25) is 0 Å². The van der Waals surface area contributed by atoms with Gasteiger partial charge in [-0.3, -0.25) is 9.78 Å². The van der Waals surface area contributed by atoms with Gasteiger partial charge in [-0.15, -0.1) is 10.2 Å². The number of alkyl halides is 3. The number of hydrogen-bond acceptors (Lipinski definition) is 4. The normalized spacial score (nSPS) is 13.9. The quantitative estimate of drug-likeness (QED) is 0.865. The number of rotatable bonds is 3. The molecule has 2 aromatic heterocycles. The van der Waals surface area contributed by atoms with Crippen molar-refractivity contribution in [3.05, 3.63) is 41.2 Å². The Bertz CT molecular complexity index is 723. The van der Waals surface area contributed by atoms with Gasteiger partial charge in [-0.2, -0.15) is 13.2 Å². The lowest BCUT2D eigenvalue weighted by Crippen LogP contribution is -2.28. The topological polar surface area (TPSA) is 63.9 Å². The highest BCUT2D eigenvalue weighted by atomic mass is 19.4. The van der Waals surface area contributed by atoms with Crippen LogP contribution in [0, 0.1) is 0 Å². The molecule has 0 aliphatic carbocycles. The van der Waals surface area contributed by atoms with Crippen LogP contribution in [0.3, 0.4) is 0 Å². The maximum absolute atomic E-state index is 12.5. The van der Waals surface area contributed by atoms with Gasteiger partial charge in [0.05, 0.1) is 12.1 Å². The van der Waals surface area contributed by atoms with Crippen molar-refractivity contribution in [1.82, 2.24) is 24.6 Å². The predicted molar refractivity (Wildman–Crippen MR) is 73.4 cm³/mol. The second-order valence-electron chi connectivity index (χ2n) is 5.38. The first-order valence-corrected chi connectivity index (χ1v) is 7.06.